The Morgan fingerprint density at radius 1 is 0.649 bits per heavy atom. The Balaban J connectivity index is 1.76. The van der Waals surface area contributed by atoms with E-state index in [0.29, 0.717) is 11.8 Å². The topological polar surface area (TPSA) is 99.4 Å². The van der Waals surface area contributed by atoms with Crippen LogP contribution in [-0.4, -0.2) is 59.1 Å². The van der Waals surface area contributed by atoms with Crippen molar-refractivity contribution in [1.29, 1.82) is 0 Å². The minimum atomic E-state index is -0.210. The minimum Gasteiger partial charge on any atom is -0.491 e. The molecule has 0 saturated heterocycles. The third-order valence-electron chi connectivity index (χ3n) is 8.92. The van der Waals surface area contributed by atoms with E-state index >= 15 is 0 Å². The quantitative estimate of drug-likeness (QED) is 0.349. The fourth-order valence-electron chi connectivity index (χ4n) is 6.95. The monoisotopic (exact) mass is 512 g/mol. The second-order valence-corrected chi connectivity index (χ2v) is 11.1. The van der Waals surface area contributed by atoms with E-state index in [4.69, 9.17) is 19.7 Å². The molecular weight excluding hydrogens is 468 g/mol. The maximum atomic E-state index is 10.3. The highest BCUT2D eigenvalue weighted by Gasteiger charge is 2.49. The van der Waals surface area contributed by atoms with Gasteiger partial charge in [-0.25, -0.2) is 0 Å². The zero-order chi connectivity index (χ0) is 26.3. The lowest BCUT2D eigenvalue weighted by molar-refractivity contribution is -0.0193. The largest absolute Gasteiger partial charge is 0.491 e. The average molecular weight is 513 g/mol. The van der Waals surface area contributed by atoms with Crippen molar-refractivity contribution >= 4 is 0 Å². The van der Waals surface area contributed by atoms with E-state index in [2.05, 4.69) is 31.2 Å². The summed E-state index contributed by atoms with van der Waals surface area (Å²) in [5.41, 5.74) is 2.38. The van der Waals surface area contributed by atoms with Gasteiger partial charge in [-0.15, -0.1) is 0 Å². The Kier molecular flexibility index (Phi) is 9.88. The van der Waals surface area contributed by atoms with Gasteiger partial charge < -0.3 is 29.9 Å². The highest BCUT2D eigenvalue weighted by molar-refractivity contribution is 5.41. The third kappa shape index (κ3) is 6.66. The number of hydrogen-bond acceptors (Lipinski definition) is 6. The third-order valence-corrected chi connectivity index (χ3v) is 8.92. The summed E-state index contributed by atoms with van der Waals surface area (Å²) in [5.74, 6) is 2.51. The van der Waals surface area contributed by atoms with E-state index in [1.807, 2.05) is 24.3 Å². The molecule has 204 valence electrons. The molecule has 2 fully saturated rings. The molecule has 0 amide bonds. The lowest BCUT2D eigenvalue weighted by atomic mass is 9.52. The molecule has 0 atom stereocenters. The van der Waals surface area contributed by atoms with Crippen molar-refractivity contribution in [3.05, 3.63) is 59.7 Å². The average Bonchev–Trinajstić information content (AvgIpc) is 2.93. The van der Waals surface area contributed by atoms with Crippen LogP contribution in [0.4, 0.5) is 0 Å². The van der Waals surface area contributed by atoms with Crippen molar-refractivity contribution in [3.63, 3.8) is 0 Å². The van der Waals surface area contributed by atoms with Crippen LogP contribution in [0.1, 0.15) is 75.3 Å². The summed E-state index contributed by atoms with van der Waals surface area (Å²) < 4.78 is 11.3. The van der Waals surface area contributed by atoms with Gasteiger partial charge in [0, 0.05) is 5.92 Å². The van der Waals surface area contributed by atoms with Gasteiger partial charge in [-0.3, -0.25) is 0 Å². The van der Waals surface area contributed by atoms with Crippen molar-refractivity contribution in [2.24, 2.45) is 17.3 Å². The molecule has 4 N–H and O–H groups in total. The first-order valence-corrected chi connectivity index (χ1v) is 14.0. The molecule has 0 bridgehead atoms. The van der Waals surface area contributed by atoms with Gasteiger partial charge in [-0.1, -0.05) is 31.2 Å². The Hall–Kier alpha value is -2.12. The summed E-state index contributed by atoms with van der Waals surface area (Å²) in [4.78, 5) is 0. The van der Waals surface area contributed by atoms with Crippen LogP contribution < -0.4 is 9.47 Å². The Morgan fingerprint density at radius 3 is 1.32 bits per heavy atom. The van der Waals surface area contributed by atoms with Crippen LogP contribution in [-0.2, 0) is 0 Å². The van der Waals surface area contributed by atoms with E-state index in [-0.39, 0.29) is 50.0 Å². The molecule has 2 aromatic carbocycles. The van der Waals surface area contributed by atoms with E-state index in [1.54, 1.807) is 0 Å². The van der Waals surface area contributed by atoms with Crippen molar-refractivity contribution in [1.82, 2.24) is 0 Å². The maximum Gasteiger partial charge on any atom is 0.119 e. The SMILES string of the molecule is CC(C1CCC(O)CC1)(C1CCC(O)CC1)C(c1ccc(OCCO)cc1)c1ccc(OCCO)cc1. The van der Waals surface area contributed by atoms with E-state index in [0.717, 1.165) is 62.9 Å². The van der Waals surface area contributed by atoms with Crippen molar-refractivity contribution in [2.75, 3.05) is 26.4 Å². The molecule has 2 saturated carbocycles. The highest BCUT2D eigenvalue weighted by atomic mass is 16.5. The van der Waals surface area contributed by atoms with E-state index in [1.165, 1.54) is 11.1 Å². The first kappa shape index (κ1) is 27.9. The molecule has 37 heavy (non-hydrogen) atoms. The number of aliphatic hydroxyl groups is 4. The predicted octanol–water partition coefficient (Wildman–Crippen LogP) is 4.67. The van der Waals surface area contributed by atoms with E-state index in [9.17, 15) is 10.2 Å². The molecule has 0 heterocycles. The normalized spacial score (nSPS) is 26.0. The molecule has 4 rings (SSSR count). The summed E-state index contributed by atoms with van der Waals surface area (Å²) in [7, 11) is 0. The van der Waals surface area contributed by atoms with Crippen LogP contribution in [0.5, 0.6) is 11.5 Å². The minimum absolute atomic E-state index is 0.0196. The van der Waals surface area contributed by atoms with Crippen LogP contribution >= 0.6 is 0 Å². The van der Waals surface area contributed by atoms with Gasteiger partial charge in [-0.2, -0.15) is 0 Å². The van der Waals surface area contributed by atoms with Gasteiger partial charge in [0.2, 0.25) is 0 Å². The number of benzene rings is 2. The predicted molar refractivity (Wildman–Crippen MR) is 144 cm³/mol. The molecule has 0 aliphatic heterocycles. The molecule has 0 spiro atoms. The highest BCUT2D eigenvalue weighted by Crippen LogP contribution is 2.58. The zero-order valence-electron chi connectivity index (χ0n) is 22.1. The molecule has 2 aliphatic rings. The number of rotatable bonds is 11. The molecule has 0 unspecified atom stereocenters. The number of hydrogen-bond donors (Lipinski definition) is 4. The van der Waals surface area contributed by atoms with Crippen LogP contribution in [0, 0.1) is 17.3 Å². The summed E-state index contributed by atoms with van der Waals surface area (Å²) in [6.45, 7) is 2.95. The summed E-state index contributed by atoms with van der Waals surface area (Å²) >= 11 is 0. The lowest BCUT2D eigenvalue weighted by Crippen LogP contribution is -2.45. The molecule has 2 aromatic rings. The molecule has 2 aliphatic carbocycles. The van der Waals surface area contributed by atoms with Gasteiger partial charge in [0.05, 0.1) is 25.4 Å². The molecule has 6 heteroatoms. The summed E-state index contributed by atoms with van der Waals surface area (Å²) in [6.07, 6.45) is 6.94. The van der Waals surface area contributed by atoms with Gasteiger partial charge >= 0.3 is 0 Å². The number of ether oxygens (including phenoxy) is 2. The summed E-state index contributed by atoms with van der Waals surface area (Å²) in [6, 6.07) is 16.6. The fourth-order valence-corrected chi connectivity index (χ4v) is 6.95. The van der Waals surface area contributed by atoms with Crippen molar-refractivity contribution in [2.45, 2.75) is 76.4 Å². The van der Waals surface area contributed by atoms with Gasteiger partial charge in [-0.05, 0) is 104 Å². The van der Waals surface area contributed by atoms with Crippen molar-refractivity contribution in [3.8, 4) is 11.5 Å². The van der Waals surface area contributed by atoms with Gasteiger partial charge in [0.15, 0.2) is 0 Å². The molecular formula is C31H44O6. The standard InChI is InChI=1S/C31H44O6/c1-31(24-6-10-26(34)11-7-24,25-8-12-27(35)13-9-25)30(22-2-14-28(15-3-22)36-20-18-32)23-4-16-29(17-5-23)37-21-19-33/h2-5,14-17,24-27,30,32-35H,6-13,18-21H2,1H3. The Bertz CT molecular complexity index is 854. The summed E-state index contributed by atoms with van der Waals surface area (Å²) in [5, 5.41) is 38.9. The van der Waals surface area contributed by atoms with Crippen LogP contribution in [0.15, 0.2) is 48.5 Å². The number of aliphatic hydroxyl groups excluding tert-OH is 4. The van der Waals surface area contributed by atoms with E-state index < -0.39 is 0 Å². The van der Waals surface area contributed by atoms with Crippen LogP contribution in [0.25, 0.3) is 0 Å². The Labute approximate surface area is 221 Å². The Morgan fingerprint density at radius 2 is 1.00 bits per heavy atom. The molecule has 0 aromatic heterocycles. The van der Waals surface area contributed by atoms with Crippen LogP contribution in [0.3, 0.4) is 0 Å². The van der Waals surface area contributed by atoms with Crippen LogP contribution in [0.2, 0.25) is 0 Å². The maximum absolute atomic E-state index is 10.3. The molecule has 0 radical (unpaired) electrons. The van der Waals surface area contributed by atoms with Crippen molar-refractivity contribution < 1.29 is 29.9 Å². The first-order valence-electron chi connectivity index (χ1n) is 14.0. The second kappa shape index (κ2) is 13.1. The first-order chi connectivity index (χ1) is 18.0. The lowest BCUT2D eigenvalue weighted by Gasteiger charge is -2.53. The fraction of sp³-hybridized carbons (Fsp3) is 0.613. The second-order valence-electron chi connectivity index (χ2n) is 11.1. The smallest absolute Gasteiger partial charge is 0.119 e. The van der Waals surface area contributed by atoms with Gasteiger partial charge in [0.1, 0.15) is 24.7 Å². The zero-order valence-corrected chi connectivity index (χ0v) is 22.1. The molecule has 6 nitrogen and oxygen atoms in total. The van der Waals surface area contributed by atoms with Gasteiger partial charge in [0.25, 0.3) is 0 Å².